The first-order valence-electron chi connectivity index (χ1n) is 7.90. The summed E-state index contributed by atoms with van der Waals surface area (Å²) < 4.78 is 11.2. The average molecular weight is 278 g/mol. The molecule has 2 rings (SSSR count). The largest absolute Gasteiger partial charge is 0.494 e. The van der Waals surface area contributed by atoms with Crippen LogP contribution >= 0.6 is 0 Å². The van der Waals surface area contributed by atoms with Gasteiger partial charge < -0.3 is 14.4 Å². The van der Waals surface area contributed by atoms with Crippen LogP contribution in [0.25, 0.3) is 0 Å². The predicted octanol–water partition coefficient (Wildman–Crippen LogP) is 1.88. The number of ether oxygens (including phenoxy) is 2. The van der Waals surface area contributed by atoms with E-state index < -0.39 is 0 Å². The number of nitrogens with one attached hydrogen (secondary N) is 1. The summed E-state index contributed by atoms with van der Waals surface area (Å²) in [7, 11) is 0. The van der Waals surface area contributed by atoms with Crippen molar-refractivity contribution >= 4 is 0 Å². The van der Waals surface area contributed by atoms with Gasteiger partial charge in [0.2, 0.25) is 0 Å². The van der Waals surface area contributed by atoms with E-state index in [1.54, 1.807) is 4.90 Å². The minimum Gasteiger partial charge on any atom is -0.494 e. The molecular weight excluding hydrogens is 250 g/mol. The molecule has 3 nitrogen and oxygen atoms in total. The van der Waals surface area contributed by atoms with Crippen molar-refractivity contribution in [2.24, 2.45) is 0 Å². The molecule has 0 bridgehead atoms. The predicted molar refractivity (Wildman–Crippen MR) is 81.6 cm³/mol. The van der Waals surface area contributed by atoms with E-state index in [2.05, 4.69) is 38.1 Å². The minimum absolute atomic E-state index is 0.584. The second kappa shape index (κ2) is 8.28. The van der Waals surface area contributed by atoms with Crippen molar-refractivity contribution in [3.63, 3.8) is 0 Å². The van der Waals surface area contributed by atoms with Crippen LogP contribution in [0.4, 0.5) is 0 Å². The van der Waals surface area contributed by atoms with Gasteiger partial charge in [0.05, 0.1) is 26.4 Å². The molecule has 112 valence electrons. The number of benzene rings is 1. The summed E-state index contributed by atoms with van der Waals surface area (Å²) in [6.07, 6.45) is 2.37. The Balaban J connectivity index is 1.58. The highest BCUT2D eigenvalue weighted by molar-refractivity contribution is 5.28. The lowest BCUT2D eigenvalue weighted by atomic mass is 10.0. The summed E-state index contributed by atoms with van der Waals surface area (Å²) in [6, 6.07) is 8.50. The molecule has 0 aromatic heterocycles. The third kappa shape index (κ3) is 5.14. The topological polar surface area (TPSA) is 22.9 Å². The third-order valence-electron chi connectivity index (χ3n) is 3.94. The zero-order chi connectivity index (χ0) is 14.2. The first-order chi connectivity index (χ1) is 9.75. The van der Waals surface area contributed by atoms with Crippen LogP contribution in [-0.4, -0.2) is 39.5 Å². The van der Waals surface area contributed by atoms with Crippen LogP contribution < -0.4 is 9.64 Å². The van der Waals surface area contributed by atoms with Gasteiger partial charge in [0.1, 0.15) is 18.8 Å². The molecule has 1 aliphatic rings. The third-order valence-corrected chi connectivity index (χ3v) is 3.94. The molecule has 20 heavy (non-hydrogen) atoms. The van der Waals surface area contributed by atoms with Gasteiger partial charge in [-0.2, -0.15) is 0 Å². The van der Waals surface area contributed by atoms with Gasteiger partial charge in [-0.3, -0.25) is 0 Å². The maximum Gasteiger partial charge on any atom is 0.119 e. The van der Waals surface area contributed by atoms with Crippen LogP contribution in [0.15, 0.2) is 24.3 Å². The van der Waals surface area contributed by atoms with Gasteiger partial charge in [-0.15, -0.1) is 0 Å². The van der Waals surface area contributed by atoms with E-state index in [0.29, 0.717) is 5.92 Å². The molecule has 0 saturated carbocycles. The van der Waals surface area contributed by atoms with Gasteiger partial charge in [-0.25, -0.2) is 0 Å². The van der Waals surface area contributed by atoms with Gasteiger partial charge in [-0.1, -0.05) is 26.0 Å². The normalized spacial score (nSPS) is 16.6. The lowest BCUT2D eigenvalue weighted by Crippen LogP contribution is -3.14. The number of unbranched alkanes of at least 4 members (excludes halogenated alkanes) is 1. The van der Waals surface area contributed by atoms with Gasteiger partial charge in [0.25, 0.3) is 0 Å². The molecule has 3 heteroatoms. The van der Waals surface area contributed by atoms with Crippen molar-refractivity contribution in [2.75, 3.05) is 39.5 Å². The van der Waals surface area contributed by atoms with E-state index >= 15 is 0 Å². The van der Waals surface area contributed by atoms with Gasteiger partial charge in [0.15, 0.2) is 0 Å². The van der Waals surface area contributed by atoms with E-state index in [0.717, 1.165) is 45.1 Å². The van der Waals surface area contributed by atoms with Gasteiger partial charge >= 0.3 is 0 Å². The SMILES string of the molecule is CC(C)c1ccc(OCCCC[NH+]2CCOCC2)cc1. The van der Waals surface area contributed by atoms with Crippen molar-refractivity contribution in [3.8, 4) is 5.75 Å². The average Bonchev–Trinajstić information content (AvgIpc) is 2.48. The standard InChI is InChI=1S/C17H27NO2/c1-15(2)16-5-7-17(8-6-16)20-12-4-3-9-18-10-13-19-14-11-18/h5-8,15H,3-4,9-14H2,1-2H3/p+1. The quantitative estimate of drug-likeness (QED) is 0.770. The van der Waals surface area contributed by atoms with E-state index in [9.17, 15) is 0 Å². The number of rotatable bonds is 7. The molecule has 0 atom stereocenters. The highest BCUT2D eigenvalue weighted by Gasteiger charge is 2.12. The van der Waals surface area contributed by atoms with Crippen LogP contribution in [0, 0.1) is 0 Å². The number of hydrogen-bond donors (Lipinski definition) is 1. The van der Waals surface area contributed by atoms with Crippen LogP contribution in [0.1, 0.15) is 38.2 Å². The molecule has 1 fully saturated rings. The fourth-order valence-electron chi connectivity index (χ4n) is 2.53. The lowest BCUT2D eigenvalue weighted by molar-refractivity contribution is -0.908. The van der Waals surface area contributed by atoms with Gasteiger partial charge in [-0.05, 0) is 36.5 Å². The van der Waals surface area contributed by atoms with Crippen LogP contribution in [0.3, 0.4) is 0 Å². The van der Waals surface area contributed by atoms with E-state index in [-0.39, 0.29) is 0 Å². The first kappa shape index (κ1) is 15.3. The molecule has 1 aromatic rings. The van der Waals surface area contributed by atoms with Crippen molar-refractivity contribution < 1.29 is 14.4 Å². The number of hydrogen-bond acceptors (Lipinski definition) is 2. The summed E-state index contributed by atoms with van der Waals surface area (Å²) in [5, 5.41) is 0. The van der Waals surface area contributed by atoms with E-state index in [1.165, 1.54) is 18.5 Å². The van der Waals surface area contributed by atoms with Crippen molar-refractivity contribution in [2.45, 2.75) is 32.6 Å². The van der Waals surface area contributed by atoms with Crippen LogP contribution in [0.5, 0.6) is 5.75 Å². The monoisotopic (exact) mass is 278 g/mol. The Morgan fingerprint density at radius 2 is 1.80 bits per heavy atom. The van der Waals surface area contributed by atoms with Crippen molar-refractivity contribution in [3.05, 3.63) is 29.8 Å². The molecule has 1 heterocycles. The number of morpholine rings is 1. The summed E-state index contributed by atoms with van der Waals surface area (Å²) in [4.78, 5) is 1.68. The second-order valence-corrected chi connectivity index (χ2v) is 5.89. The minimum atomic E-state index is 0.584. The smallest absolute Gasteiger partial charge is 0.119 e. The fraction of sp³-hybridized carbons (Fsp3) is 0.647. The summed E-state index contributed by atoms with van der Waals surface area (Å²) >= 11 is 0. The first-order valence-corrected chi connectivity index (χ1v) is 7.90. The Bertz CT molecular complexity index is 369. The molecule has 1 saturated heterocycles. The molecular formula is C17H28NO2+. The van der Waals surface area contributed by atoms with E-state index in [4.69, 9.17) is 9.47 Å². The van der Waals surface area contributed by atoms with Crippen LogP contribution in [0.2, 0.25) is 0 Å². The highest BCUT2D eigenvalue weighted by Crippen LogP contribution is 2.18. The Morgan fingerprint density at radius 1 is 1.10 bits per heavy atom. The molecule has 1 aromatic carbocycles. The maximum absolute atomic E-state index is 5.80. The van der Waals surface area contributed by atoms with Crippen molar-refractivity contribution in [1.82, 2.24) is 0 Å². The summed E-state index contributed by atoms with van der Waals surface area (Å²) in [5.74, 6) is 1.58. The zero-order valence-electron chi connectivity index (χ0n) is 12.9. The summed E-state index contributed by atoms with van der Waals surface area (Å²) in [6.45, 7) is 10.7. The zero-order valence-corrected chi connectivity index (χ0v) is 12.9. The molecule has 0 amide bonds. The molecule has 0 radical (unpaired) electrons. The Kier molecular flexibility index (Phi) is 6.34. The van der Waals surface area contributed by atoms with E-state index in [1.807, 2.05) is 0 Å². The Hall–Kier alpha value is -1.06. The molecule has 0 aliphatic carbocycles. The maximum atomic E-state index is 5.80. The van der Waals surface area contributed by atoms with Crippen molar-refractivity contribution in [1.29, 1.82) is 0 Å². The molecule has 0 spiro atoms. The summed E-state index contributed by atoms with van der Waals surface area (Å²) in [5.41, 5.74) is 1.37. The van der Waals surface area contributed by atoms with Gasteiger partial charge in [0, 0.05) is 0 Å². The molecule has 0 unspecified atom stereocenters. The molecule has 1 N–H and O–H groups in total. The molecule has 1 aliphatic heterocycles. The Morgan fingerprint density at radius 3 is 2.45 bits per heavy atom. The van der Waals surface area contributed by atoms with Crippen LogP contribution in [-0.2, 0) is 4.74 Å². The Labute approximate surface area is 122 Å². The fourth-order valence-corrected chi connectivity index (χ4v) is 2.53. The second-order valence-electron chi connectivity index (χ2n) is 5.89. The number of quaternary nitrogens is 1. The lowest BCUT2D eigenvalue weighted by Gasteiger charge is -2.23. The highest BCUT2D eigenvalue weighted by atomic mass is 16.5.